The normalized spacial score (nSPS) is 12.0. The number of carbonyl (C=O) groups excluding carboxylic acids is 2. The van der Waals surface area contributed by atoms with Crippen LogP contribution in [-0.2, 0) is 24.4 Å². The van der Waals surface area contributed by atoms with Crippen molar-refractivity contribution in [2.45, 2.75) is 13.3 Å². The number of esters is 1. The van der Waals surface area contributed by atoms with Gasteiger partial charge in [0.25, 0.3) is 10.1 Å². The van der Waals surface area contributed by atoms with Crippen molar-refractivity contribution in [3.05, 3.63) is 12.2 Å². The highest BCUT2D eigenvalue weighted by molar-refractivity contribution is 7.85. The molecule has 0 unspecified atom stereocenters. The first kappa shape index (κ1) is 26.7. The molecule has 0 aromatic carbocycles. The first-order chi connectivity index (χ1) is 11.5. The van der Waals surface area contributed by atoms with Crippen LogP contribution in [0.25, 0.3) is 0 Å². The molecular formula is C16H33N2O7S+. The van der Waals surface area contributed by atoms with E-state index < -0.39 is 22.1 Å². The zero-order valence-electron chi connectivity index (χ0n) is 16.6. The highest BCUT2D eigenvalue weighted by Crippen LogP contribution is 2.02. The molecule has 0 spiro atoms. The van der Waals surface area contributed by atoms with Gasteiger partial charge in [-0.15, -0.1) is 0 Å². The van der Waals surface area contributed by atoms with Gasteiger partial charge in [0.2, 0.25) is 0 Å². The van der Waals surface area contributed by atoms with Crippen LogP contribution < -0.4 is 5.11 Å². The van der Waals surface area contributed by atoms with E-state index in [0.717, 1.165) is 0 Å². The Labute approximate surface area is 156 Å². The van der Waals surface area contributed by atoms with E-state index in [-0.39, 0.29) is 18.9 Å². The monoisotopic (exact) mass is 397 g/mol. The lowest BCUT2D eigenvalue weighted by atomic mass is 10.3. The van der Waals surface area contributed by atoms with Crippen LogP contribution in [0.4, 0.5) is 0 Å². The van der Waals surface area contributed by atoms with E-state index >= 15 is 0 Å². The fraction of sp³-hybridized carbons (Fsp3) is 0.750. The van der Waals surface area contributed by atoms with E-state index in [1.165, 1.54) is 0 Å². The first-order valence-electron chi connectivity index (χ1n) is 8.05. The highest BCUT2D eigenvalue weighted by atomic mass is 32.2. The van der Waals surface area contributed by atoms with Crippen molar-refractivity contribution in [1.82, 2.24) is 0 Å². The summed E-state index contributed by atoms with van der Waals surface area (Å²) in [5, 5.41) is 9.89. The number of quaternary nitrogens is 2. The Balaban J connectivity index is 0. The number of ether oxygens (including phenoxy) is 1. The maximum atomic E-state index is 11.1. The summed E-state index contributed by atoms with van der Waals surface area (Å²) in [6, 6.07) is 0. The maximum absolute atomic E-state index is 11.1. The van der Waals surface area contributed by atoms with Gasteiger partial charge in [-0.3, -0.25) is 4.55 Å². The molecule has 0 aliphatic rings. The summed E-state index contributed by atoms with van der Waals surface area (Å²) < 4.78 is 35.7. The largest absolute Gasteiger partial charge is 0.544 e. The number of carboxylic acid groups (broad SMARTS) is 1. The molecule has 154 valence electrons. The Morgan fingerprint density at radius 1 is 1.12 bits per heavy atom. The van der Waals surface area contributed by atoms with Crippen molar-refractivity contribution < 1.29 is 41.4 Å². The minimum Gasteiger partial charge on any atom is -0.544 e. The van der Waals surface area contributed by atoms with Crippen molar-refractivity contribution in [2.75, 3.05) is 67.2 Å². The number of hydrogen-bond donors (Lipinski definition) is 1. The number of aliphatic carboxylic acids is 1. The smallest absolute Gasteiger partial charge is 0.333 e. The molecule has 0 aromatic heterocycles. The van der Waals surface area contributed by atoms with E-state index in [9.17, 15) is 23.1 Å². The van der Waals surface area contributed by atoms with Gasteiger partial charge in [0.15, 0.2) is 0 Å². The molecular weight excluding hydrogens is 364 g/mol. The van der Waals surface area contributed by atoms with Crippen LogP contribution in [0, 0.1) is 0 Å². The summed E-state index contributed by atoms with van der Waals surface area (Å²) >= 11 is 0. The van der Waals surface area contributed by atoms with E-state index in [4.69, 9.17) is 9.29 Å². The van der Waals surface area contributed by atoms with Crippen LogP contribution in [0.1, 0.15) is 13.3 Å². The van der Waals surface area contributed by atoms with Crippen LogP contribution in [0.15, 0.2) is 12.2 Å². The minimum absolute atomic E-state index is 0.0694. The summed E-state index contributed by atoms with van der Waals surface area (Å²) in [5.41, 5.74) is 0.357. The van der Waals surface area contributed by atoms with Crippen molar-refractivity contribution in [3.63, 3.8) is 0 Å². The van der Waals surface area contributed by atoms with E-state index in [2.05, 4.69) is 6.58 Å². The Morgan fingerprint density at radius 3 is 1.92 bits per heavy atom. The number of carbonyl (C=O) groups is 2. The zero-order chi connectivity index (χ0) is 21.2. The molecule has 9 nitrogen and oxygen atoms in total. The van der Waals surface area contributed by atoms with Crippen molar-refractivity contribution >= 4 is 22.1 Å². The standard InChI is InChI=1S/C11H21NO5S.C5H11NO2/c1-10(2)11(13)17-8-5-6-12(3,4)7-9-18(14,15)16;1-6(2,3)4-5(7)8/h1,5-9H2,2-4H3;4H2,1-3H3/p+1. The Bertz CT molecular complexity index is 578. The van der Waals surface area contributed by atoms with Crippen LogP contribution in [0.2, 0.25) is 0 Å². The van der Waals surface area contributed by atoms with Gasteiger partial charge in [-0.25, -0.2) is 4.79 Å². The molecule has 26 heavy (non-hydrogen) atoms. The molecule has 0 heterocycles. The Hall–Kier alpha value is -1.49. The van der Waals surface area contributed by atoms with E-state index in [0.29, 0.717) is 34.0 Å². The second kappa shape index (κ2) is 11.3. The van der Waals surface area contributed by atoms with Gasteiger partial charge in [-0.05, 0) is 6.92 Å². The Kier molecular flexibility index (Phi) is 11.6. The summed E-state index contributed by atoms with van der Waals surface area (Å²) in [5.74, 6) is -1.69. The summed E-state index contributed by atoms with van der Waals surface area (Å²) in [4.78, 5) is 21.0. The minimum atomic E-state index is -3.93. The molecule has 0 fully saturated rings. The van der Waals surface area contributed by atoms with Crippen LogP contribution >= 0.6 is 0 Å². The number of carboxylic acids is 1. The summed E-state index contributed by atoms with van der Waals surface area (Å²) in [6.07, 6.45) is 0.623. The summed E-state index contributed by atoms with van der Waals surface area (Å²) in [7, 11) is 5.18. The predicted molar refractivity (Wildman–Crippen MR) is 96.6 cm³/mol. The van der Waals surface area contributed by atoms with Gasteiger partial charge in [0, 0.05) is 12.0 Å². The first-order valence-corrected chi connectivity index (χ1v) is 9.66. The van der Waals surface area contributed by atoms with E-state index in [1.807, 2.05) is 14.1 Å². The number of hydrogen-bond acceptors (Lipinski definition) is 6. The fourth-order valence-corrected chi connectivity index (χ4v) is 2.37. The lowest BCUT2D eigenvalue weighted by Gasteiger charge is -2.29. The highest BCUT2D eigenvalue weighted by Gasteiger charge is 2.18. The fourth-order valence-electron chi connectivity index (χ4n) is 1.64. The molecule has 10 heteroatoms. The van der Waals surface area contributed by atoms with Crippen LogP contribution in [-0.4, -0.2) is 101 Å². The van der Waals surface area contributed by atoms with Gasteiger partial charge >= 0.3 is 5.97 Å². The average Bonchev–Trinajstić information content (AvgIpc) is 2.38. The SMILES string of the molecule is C=C(C)C(=O)OCCC[N+](C)(C)CCS(=O)(=O)O.C[N+](C)(C)CC(=O)[O-]. The van der Waals surface area contributed by atoms with Crippen molar-refractivity contribution in [2.24, 2.45) is 0 Å². The molecule has 0 atom stereocenters. The van der Waals surface area contributed by atoms with Gasteiger partial charge in [0.05, 0.1) is 60.9 Å². The number of likely N-dealkylation sites (N-methyl/N-ethyl adjacent to an activating group) is 1. The average molecular weight is 398 g/mol. The topological polar surface area (TPSA) is 121 Å². The van der Waals surface area contributed by atoms with Crippen LogP contribution in [0.5, 0.6) is 0 Å². The van der Waals surface area contributed by atoms with Gasteiger partial charge in [0.1, 0.15) is 12.3 Å². The third-order valence-electron chi connectivity index (χ3n) is 3.05. The van der Waals surface area contributed by atoms with Crippen molar-refractivity contribution in [3.8, 4) is 0 Å². The summed E-state index contributed by atoms with van der Waals surface area (Å²) in [6.45, 7) is 6.35. The van der Waals surface area contributed by atoms with E-state index in [1.54, 1.807) is 28.1 Å². The molecule has 0 radical (unpaired) electrons. The molecule has 0 bridgehead atoms. The predicted octanol–water partition coefficient (Wildman–Crippen LogP) is -1.10. The Morgan fingerprint density at radius 2 is 1.62 bits per heavy atom. The molecule has 0 aliphatic heterocycles. The zero-order valence-corrected chi connectivity index (χ0v) is 17.5. The molecule has 0 amide bonds. The molecule has 0 aliphatic carbocycles. The van der Waals surface area contributed by atoms with Gasteiger partial charge < -0.3 is 23.6 Å². The maximum Gasteiger partial charge on any atom is 0.333 e. The number of nitrogens with zero attached hydrogens (tertiary/aromatic N) is 2. The lowest BCUT2D eigenvalue weighted by molar-refractivity contribution is -0.888. The molecule has 1 N–H and O–H groups in total. The van der Waals surface area contributed by atoms with Gasteiger partial charge in [-0.2, -0.15) is 8.42 Å². The van der Waals surface area contributed by atoms with Crippen molar-refractivity contribution in [1.29, 1.82) is 0 Å². The second-order valence-electron chi connectivity index (χ2n) is 7.76. The molecule has 0 rings (SSSR count). The number of rotatable bonds is 10. The molecule has 0 aromatic rings. The second-order valence-corrected chi connectivity index (χ2v) is 9.33. The third-order valence-corrected chi connectivity index (χ3v) is 3.75. The molecule has 0 saturated carbocycles. The quantitative estimate of drug-likeness (QED) is 0.163. The van der Waals surface area contributed by atoms with Gasteiger partial charge in [-0.1, -0.05) is 6.58 Å². The lowest BCUT2D eigenvalue weighted by Crippen LogP contribution is -2.45. The van der Waals surface area contributed by atoms with Crippen LogP contribution in [0.3, 0.4) is 0 Å². The molecule has 0 saturated heterocycles. The third kappa shape index (κ3) is 20.6.